The molecule has 1 N–H and O–H groups in total. The van der Waals surface area contributed by atoms with Crippen LogP contribution in [-0.2, 0) is 4.74 Å². The highest BCUT2D eigenvalue weighted by Gasteiger charge is 2.23. The molecule has 0 radical (unpaired) electrons. The van der Waals surface area contributed by atoms with Crippen molar-refractivity contribution in [3.63, 3.8) is 0 Å². The number of ether oxygens (including phenoxy) is 3. The number of piperazine rings is 1. The van der Waals surface area contributed by atoms with E-state index < -0.39 is 0 Å². The monoisotopic (exact) mass is 441 g/mol. The van der Waals surface area contributed by atoms with Gasteiger partial charge in [-0.15, -0.1) is 0 Å². The smallest absolute Gasteiger partial charge is 0.338 e. The Kier molecular flexibility index (Phi) is 8.19. The molecule has 32 heavy (non-hydrogen) atoms. The summed E-state index contributed by atoms with van der Waals surface area (Å²) in [5.41, 5.74) is 2.09. The van der Waals surface area contributed by atoms with Crippen molar-refractivity contribution < 1.29 is 23.8 Å². The third kappa shape index (κ3) is 5.84. The van der Waals surface area contributed by atoms with Gasteiger partial charge in [-0.05, 0) is 42.8 Å². The first-order chi connectivity index (χ1) is 15.5. The first-order valence-electron chi connectivity index (χ1n) is 10.9. The Balaban J connectivity index is 1.52. The van der Waals surface area contributed by atoms with Gasteiger partial charge in [0.2, 0.25) is 0 Å². The Bertz CT molecular complexity index is 908. The first kappa shape index (κ1) is 23.2. The van der Waals surface area contributed by atoms with Crippen LogP contribution in [-0.4, -0.2) is 63.9 Å². The molecule has 2 aromatic carbocycles. The van der Waals surface area contributed by atoms with Crippen LogP contribution in [0.3, 0.4) is 0 Å². The lowest BCUT2D eigenvalue weighted by Crippen LogP contribution is -2.50. The molecule has 2 aromatic rings. The molecule has 0 bridgehead atoms. The molecule has 0 aliphatic carbocycles. The van der Waals surface area contributed by atoms with Crippen molar-refractivity contribution in [1.29, 1.82) is 0 Å². The highest BCUT2D eigenvalue weighted by molar-refractivity contribution is 5.92. The van der Waals surface area contributed by atoms with E-state index in [0.717, 1.165) is 30.0 Å². The number of nitrogens with zero attached hydrogens (tertiary/aromatic N) is 2. The van der Waals surface area contributed by atoms with Gasteiger partial charge in [0.05, 0.1) is 32.1 Å². The molecular formula is C24H31N3O5. The molecule has 8 nitrogen and oxygen atoms in total. The lowest BCUT2D eigenvalue weighted by atomic mass is 10.2. The van der Waals surface area contributed by atoms with E-state index in [1.165, 1.54) is 0 Å². The van der Waals surface area contributed by atoms with Crippen molar-refractivity contribution in [3.05, 3.63) is 48.0 Å². The third-order valence-corrected chi connectivity index (χ3v) is 5.40. The van der Waals surface area contributed by atoms with Gasteiger partial charge in [0.1, 0.15) is 11.5 Å². The highest BCUT2D eigenvalue weighted by Crippen LogP contribution is 2.32. The maximum Gasteiger partial charge on any atom is 0.338 e. The van der Waals surface area contributed by atoms with E-state index in [1.807, 2.05) is 25.1 Å². The van der Waals surface area contributed by atoms with Gasteiger partial charge in [-0.3, -0.25) is 0 Å². The quantitative estimate of drug-likeness (QED) is 0.492. The normalized spacial score (nSPS) is 13.5. The zero-order valence-electron chi connectivity index (χ0n) is 18.9. The largest absolute Gasteiger partial charge is 0.497 e. The Morgan fingerprint density at radius 1 is 0.969 bits per heavy atom. The number of unbranched alkanes of at least 4 members (excludes halogenated alkanes) is 1. The van der Waals surface area contributed by atoms with E-state index >= 15 is 0 Å². The number of rotatable bonds is 8. The molecule has 1 aliphatic rings. The first-order valence-corrected chi connectivity index (χ1v) is 10.9. The summed E-state index contributed by atoms with van der Waals surface area (Å²) >= 11 is 0. The number of anilines is 2. The Labute approximate surface area is 189 Å². The van der Waals surface area contributed by atoms with Gasteiger partial charge in [-0.2, -0.15) is 0 Å². The summed E-state index contributed by atoms with van der Waals surface area (Å²) in [6, 6.07) is 12.3. The Morgan fingerprint density at radius 2 is 1.69 bits per heavy atom. The number of carbonyl (C=O) groups excluding carboxylic acids is 2. The zero-order chi connectivity index (χ0) is 22.9. The summed E-state index contributed by atoms with van der Waals surface area (Å²) in [6.45, 7) is 5.02. The Morgan fingerprint density at radius 3 is 2.31 bits per heavy atom. The molecule has 1 saturated heterocycles. The van der Waals surface area contributed by atoms with E-state index in [2.05, 4.69) is 10.2 Å². The number of hydrogen-bond donors (Lipinski definition) is 1. The summed E-state index contributed by atoms with van der Waals surface area (Å²) in [6.07, 6.45) is 1.82. The van der Waals surface area contributed by atoms with Crippen molar-refractivity contribution in [2.24, 2.45) is 0 Å². The van der Waals surface area contributed by atoms with Crippen molar-refractivity contribution in [1.82, 2.24) is 4.90 Å². The van der Waals surface area contributed by atoms with E-state index in [-0.39, 0.29) is 12.0 Å². The van der Waals surface area contributed by atoms with Gasteiger partial charge in [-0.25, -0.2) is 9.59 Å². The van der Waals surface area contributed by atoms with Gasteiger partial charge >= 0.3 is 12.0 Å². The number of amides is 2. The number of urea groups is 1. The second-order valence-corrected chi connectivity index (χ2v) is 7.51. The number of esters is 1. The molecule has 0 aromatic heterocycles. The summed E-state index contributed by atoms with van der Waals surface area (Å²) < 4.78 is 16.0. The Hall–Kier alpha value is -3.42. The summed E-state index contributed by atoms with van der Waals surface area (Å²) in [4.78, 5) is 28.6. The van der Waals surface area contributed by atoms with Crippen LogP contribution in [0.4, 0.5) is 16.2 Å². The minimum absolute atomic E-state index is 0.162. The van der Waals surface area contributed by atoms with Gasteiger partial charge < -0.3 is 29.3 Å². The third-order valence-electron chi connectivity index (χ3n) is 5.40. The fourth-order valence-electron chi connectivity index (χ4n) is 3.48. The van der Waals surface area contributed by atoms with E-state index in [4.69, 9.17) is 14.2 Å². The van der Waals surface area contributed by atoms with Gasteiger partial charge in [0.25, 0.3) is 0 Å². The maximum atomic E-state index is 12.7. The highest BCUT2D eigenvalue weighted by atomic mass is 16.5. The average Bonchev–Trinajstić information content (AvgIpc) is 2.84. The minimum Gasteiger partial charge on any atom is -0.497 e. The van der Waals surface area contributed by atoms with Crippen LogP contribution < -0.4 is 19.7 Å². The van der Waals surface area contributed by atoms with Crippen molar-refractivity contribution in [2.75, 3.05) is 57.2 Å². The predicted molar refractivity (Wildman–Crippen MR) is 124 cm³/mol. The molecule has 0 spiro atoms. The van der Waals surface area contributed by atoms with Gasteiger partial charge in [-0.1, -0.05) is 13.3 Å². The molecule has 1 heterocycles. The molecule has 1 aliphatic heterocycles. The average molecular weight is 442 g/mol. The maximum absolute atomic E-state index is 12.7. The van der Waals surface area contributed by atoms with Crippen LogP contribution >= 0.6 is 0 Å². The van der Waals surface area contributed by atoms with Crippen molar-refractivity contribution in [2.45, 2.75) is 19.8 Å². The summed E-state index contributed by atoms with van der Waals surface area (Å²) in [5, 5.41) is 2.90. The van der Waals surface area contributed by atoms with E-state index in [1.54, 1.807) is 43.4 Å². The fourth-order valence-corrected chi connectivity index (χ4v) is 3.48. The molecule has 8 heteroatoms. The fraction of sp³-hybridized carbons (Fsp3) is 0.417. The van der Waals surface area contributed by atoms with Crippen LogP contribution in [0.15, 0.2) is 42.5 Å². The van der Waals surface area contributed by atoms with Crippen LogP contribution in [0.1, 0.15) is 30.1 Å². The zero-order valence-corrected chi connectivity index (χ0v) is 18.9. The molecule has 0 unspecified atom stereocenters. The standard InChI is InChI=1S/C24H31N3O5/c1-4-5-16-32-23(28)18-6-8-19(9-7-18)25-24(29)27-14-12-26(13-15-27)21-11-10-20(30-2)17-22(21)31-3/h6-11,17H,4-5,12-16H2,1-3H3,(H,25,29). The van der Waals surface area contributed by atoms with E-state index in [0.29, 0.717) is 44.0 Å². The van der Waals surface area contributed by atoms with Gasteiger partial charge in [0.15, 0.2) is 0 Å². The van der Waals surface area contributed by atoms with Crippen molar-refractivity contribution >= 4 is 23.4 Å². The van der Waals surface area contributed by atoms with Crippen LogP contribution in [0.2, 0.25) is 0 Å². The molecule has 3 rings (SSSR count). The molecule has 1 fully saturated rings. The molecule has 0 atom stereocenters. The molecule has 172 valence electrons. The minimum atomic E-state index is -0.346. The lowest BCUT2D eigenvalue weighted by molar-refractivity contribution is 0.0499. The second kappa shape index (κ2) is 11.3. The van der Waals surface area contributed by atoms with Crippen LogP contribution in [0.25, 0.3) is 0 Å². The number of benzene rings is 2. The predicted octanol–water partition coefficient (Wildman–Crippen LogP) is 4.01. The summed E-state index contributed by atoms with van der Waals surface area (Å²) in [7, 11) is 3.26. The van der Waals surface area contributed by atoms with Crippen LogP contribution in [0, 0.1) is 0 Å². The number of carbonyl (C=O) groups is 2. The number of nitrogens with one attached hydrogen (secondary N) is 1. The van der Waals surface area contributed by atoms with Crippen LogP contribution in [0.5, 0.6) is 11.5 Å². The topological polar surface area (TPSA) is 80.3 Å². The summed E-state index contributed by atoms with van der Waals surface area (Å²) in [5.74, 6) is 1.14. The van der Waals surface area contributed by atoms with Crippen molar-refractivity contribution in [3.8, 4) is 11.5 Å². The molecular weight excluding hydrogens is 410 g/mol. The number of hydrogen-bond acceptors (Lipinski definition) is 6. The lowest BCUT2D eigenvalue weighted by Gasteiger charge is -2.36. The molecule has 2 amide bonds. The number of methoxy groups -OCH3 is 2. The van der Waals surface area contributed by atoms with E-state index in [9.17, 15) is 9.59 Å². The molecule has 0 saturated carbocycles. The SMILES string of the molecule is CCCCOC(=O)c1ccc(NC(=O)N2CCN(c3ccc(OC)cc3OC)CC2)cc1. The van der Waals surface area contributed by atoms with Gasteiger partial charge in [0, 0.05) is 37.9 Å². The second-order valence-electron chi connectivity index (χ2n) is 7.51.